The van der Waals surface area contributed by atoms with Gasteiger partial charge in [0.05, 0.1) is 5.56 Å². The molecule has 1 saturated heterocycles. The van der Waals surface area contributed by atoms with Gasteiger partial charge in [-0.25, -0.2) is 23.5 Å². The lowest BCUT2D eigenvalue weighted by molar-refractivity contribution is -0.0222. The zero-order valence-electron chi connectivity index (χ0n) is 13.5. The Morgan fingerprint density at radius 2 is 1.81 bits per heavy atom. The van der Waals surface area contributed by atoms with Crippen LogP contribution in [0, 0.1) is 0 Å². The molecule has 3 heterocycles. The van der Waals surface area contributed by atoms with Crippen molar-refractivity contribution in [1.29, 1.82) is 0 Å². The van der Waals surface area contributed by atoms with Crippen LogP contribution in [0.5, 0.6) is 0 Å². The van der Waals surface area contributed by atoms with Crippen molar-refractivity contribution in [2.75, 3.05) is 23.3 Å². The summed E-state index contributed by atoms with van der Waals surface area (Å²) in [4.78, 5) is 33.3. The molecule has 5 N–H and O–H groups in total. The molecule has 8 nitrogen and oxygen atoms in total. The number of carbonyl (C=O) groups is 2. The van der Waals surface area contributed by atoms with Gasteiger partial charge in [0.2, 0.25) is 5.95 Å². The third-order valence-electron chi connectivity index (χ3n) is 3.93. The smallest absolute Gasteiger partial charge is 0.317 e. The topological polar surface area (TPSA) is 127 Å². The van der Waals surface area contributed by atoms with Crippen LogP contribution in [-0.2, 0) is 0 Å². The highest BCUT2D eigenvalue weighted by Crippen LogP contribution is 2.35. The molecule has 2 aromatic heterocycles. The number of hydrogen-bond donors (Lipinski definition) is 3. The summed E-state index contributed by atoms with van der Waals surface area (Å²) in [6.07, 6.45) is 2.60. The van der Waals surface area contributed by atoms with E-state index in [-0.39, 0.29) is 36.5 Å². The van der Waals surface area contributed by atoms with E-state index in [1.54, 1.807) is 4.90 Å². The Hall–Kier alpha value is -2.82. The van der Waals surface area contributed by atoms with Gasteiger partial charge in [0, 0.05) is 48.8 Å². The van der Waals surface area contributed by atoms with Gasteiger partial charge in [-0.05, 0) is 6.07 Å². The summed E-state index contributed by atoms with van der Waals surface area (Å²) in [6, 6.07) is 0.701. The molecule has 1 aliphatic rings. The van der Waals surface area contributed by atoms with Gasteiger partial charge in [0.15, 0.2) is 0 Å². The van der Waals surface area contributed by atoms with Gasteiger partial charge in [0.25, 0.3) is 11.8 Å². The predicted molar refractivity (Wildman–Crippen MR) is 93.5 cm³/mol. The Bertz CT molecular complexity index is 829. The molecule has 2 aromatic rings. The molecule has 3 amide bonds. The number of thiophene rings is 1. The van der Waals surface area contributed by atoms with E-state index >= 15 is 0 Å². The molecular formula is C15H16F2N6O2S. The third kappa shape index (κ3) is 3.87. The Morgan fingerprint density at radius 1 is 1.19 bits per heavy atom. The number of urea groups is 1. The highest BCUT2D eigenvalue weighted by molar-refractivity contribution is 7.20. The van der Waals surface area contributed by atoms with Crippen molar-refractivity contribution in [3.05, 3.63) is 24.0 Å². The van der Waals surface area contributed by atoms with Gasteiger partial charge in [-0.1, -0.05) is 0 Å². The maximum atomic E-state index is 13.2. The predicted octanol–water partition coefficient (Wildman–Crippen LogP) is 2.03. The van der Waals surface area contributed by atoms with Crippen LogP contribution in [0.3, 0.4) is 0 Å². The molecule has 0 aliphatic carbocycles. The molecule has 0 atom stereocenters. The number of hydrogen-bond acceptors (Lipinski definition) is 6. The number of nitrogens with two attached hydrogens (primary N) is 2. The molecule has 3 rings (SSSR count). The molecule has 0 saturated carbocycles. The number of amides is 3. The molecule has 0 radical (unpaired) electrons. The molecule has 0 aromatic carbocycles. The Morgan fingerprint density at radius 3 is 2.35 bits per heavy atom. The highest BCUT2D eigenvalue weighted by atomic mass is 32.1. The van der Waals surface area contributed by atoms with Crippen LogP contribution in [-0.4, -0.2) is 40.9 Å². The zero-order valence-corrected chi connectivity index (χ0v) is 14.4. The third-order valence-corrected chi connectivity index (χ3v) is 5.03. The molecule has 26 heavy (non-hydrogen) atoms. The monoisotopic (exact) mass is 382 g/mol. The summed E-state index contributed by atoms with van der Waals surface area (Å²) in [6.45, 7) is 0.369. The van der Waals surface area contributed by atoms with Gasteiger partial charge in [-0.15, -0.1) is 11.3 Å². The van der Waals surface area contributed by atoms with E-state index in [0.717, 1.165) is 11.3 Å². The van der Waals surface area contributed by atoms with E-state index in [4.69, 9.17) is 11.5 Å². The molecule has 0 spiro atoms. The second kappa shape index (κ2) is 6.83. The van der Waals surface area contributed by atoms with E-state index in [1.807, 2.05) is 0 Å². The molecule has 0 unspecified atom stereocenters. The first-order valence-electron chi connectivity index (χ1n) is 7.70. The minimum absolute atomic E-state index is 0.131. The van der Waals surface area contributed by atoms with Crippen LogP contribution in [0.2, 0.25) is 0 Å². The van der Waals surface area contributed by atoms with Gasteiger partial charge >= 0.3 is 6.03 Å². The number of alkyl halides is 2. The van der Waals surface area contributed by atoms with E-state index in [0.29, 0.717) is 16.4 Å². The number of nitrogens with zero attached hydrogens (tertiary/aromatic N) is 3. The number of anilines is 2. The van der Waals surface area contributed by atoms with Crippen molar-refractivity contribution in [2.45, 2.75) is 18.8 Å². The average Bonchev–Trinajstić information content (AvgIpc) is 2.98. The van der Waals surface area contributed by atoms with Gasteiger partial charge in [-0.2, -0.15) is 0 Å². The SMILES string of the molecule is NC(=O)Nc1sc(-c2cnc(N3CCC(F)(F)CC3)nc2)cc1C(N)=O. The van der Waals surface area contributed by atoms with Gasteiger partial charge < -0.3 is 16.4 Å². The van der Waals surface area contributed by atoms with Crippen molar-refractivity contribution in [1.82, 2.24) is 9.97 Å². The van der Waals surface area contributed by atoms with Crippen LogP contribution < -0.4 is 21.7 Å². The van der Waals surface area contributed by atoms with Crippen molar-refractivity contribution in [2.24, 2.45) is 11.5 Å². The first-order valence-corrected chi connectivity index (χ1v) is 8.52. The van der Waals surface area contributed by atoms with E-state index in [9.17, 15) is 18.4 Å². The maximum absolute atomic E-state index is 13.2. The quantitative estimate of drug-likeness (QED) is 0.745. The molecule has 1 aliphatic heterocycles. The fourth-order valence-electron chi connectivity index (χ4n) is 2.57. The Kier molecular flexibility index (Phi) is 4.72. The van der Waals surface area contributed by atoms with E-state index in [2.05, 4.69) is 15.3 Å². The zero-order chi connectivity index (χ0) is 18.9. The summed E-state index contributed by atoms with van der Waals surface area (Å²) >= 11 is 1.10. The normalized spacial score (nSPS) is 16.3. The van der Waals surface area contributed by atoms with Gasteiger partial charge in [0.1, 0.15) is 5.00 Å². The summed E-state index contributed by atoms with van der Waals surface area (Å²) in [5, 5.41) is 2.59. The number of halogens is 2. The lowest BCUT2D eigenvalue weighted by Gasteiger charge is -2.31. The first kappa shape index (κ1) is 18.0. The largest absolute Gasteiger partial charge is 0.366 e. The fraction of sp³-hybridized carbons (Fsp3) is 0.333. The van der Waals surface area contributed by atoms with Crippen molar-refractivity contribution < 1.29 is 18.4 Å². The second-order valence-electron chi connectivity index (χ2n) is 5.82. The van der Waals surface area contributed by atoms with E-state index < -0.39 is 17.9 Å². The maximum Gasteiger partial charge on any atom is 0.317 e. The highest BCUT2D eigenvalue weighted by Gasteiger charge is 2.34. The number of primary amides is 2. The number of carbonyl (C=O) groups excluding carboxylic acids is 2. The lowest BCUT2D eigenvalue weighted by Crippen LogP contribution is -2.40. The molecule has 0 bridgehead atoms. The summed E-state index contributed by atoms with van der Waals surface area (Å²) in [5.74, 6) is -2.97. The molecule has 1 fully saturated rings. The lowest BCUT2D eigenvalue weighted by atomic mass is 10.1. The minimum Gasteiger partial charge on any atom is -0.366 e. The van der Waals surface area contributed by atoms with Crippen LogP contribution in [0.1, 0.15) is 23.2 Å². The number of nitrogens with one attached hydrogen (secondary N) is 1. The van der Waals surface area contributed by atoms with Crippen LogP contribution >= 0.6 is 11.3 Å². The standard InChI is InChI=1S/C15H16F2N6O2S/c16-15(17)1-3-23(4-2-15)14-20-6-8(7-21-14)10-5-9(11(18)24)12(26-10)22-13(19)25/h5-7H,1-4H2,(H2,18,24)(H3,19,22,25). The molecule has 11 heteroatoms. The number of piperidine rings is 1. The molecular weight excluding hydrogens is 366 g/mol. The average molecular weight is 382 g/mol. The van der Waals surface area contributed by atoms with Gasteiger partial charge in [-0.3, -0.25) is 10.1 Å². The van der Waals surface area contributed by atoms with Crippen molar-refractivity contribution in [3.8, 4) is 10.4 Å². The Balaban J connectivity index is 1.80. The summed E-state index contributed by atoms with van der Waals surface area (Å²) in [5.41, 5.74) is 11.1. The fourth-order valence-corrected chi connectivity index (χ4v) is 3.61. The first-order chi connectivity index (χ1) is 12.2. The molecule has 138 valence electrons. The van der Waals surface area contributed by atoms with Crippen LogP contribution in [0.4, 0.5) is 24.5 Å². The minimum atomic E-state index is -2.64. The van der Waals surface area contributed by atoms with Crippen LogP contribution in [0.15, 0.2) is 18.5 Å². The van der Waals surface area contributed by atoms with Crippen molar-refractivity contribution in [3.63, 3.8) is 0 Å². The Labute approximate surface area is 151 Å². The second-order valence-corrected chi connectivity index (χ2v) is 6.87. The van der Waals surface area contributed by atoms with Crippen LogP contribution in [0.25, 0.3) is 10.4 Å². The number of rotatable bonds is 4. The summed E-state index contributed by atoms with van der Waals surface area (Å²) in [7, 11) is 0. The summed E-state index contributed by atoms with van der Waals surface area (Å²) < 4.78 is 26.5. The van der Waals surface area contributed by atoms with E-state index in [1.165, 1.54) is 18.5 Å². The number of aromatic nitrogens is 2. The van der Waals surface area contributed by atoms with Crippen molar-refractivity contribution >= 4 is 34.2 Å².